The fourth-order valence-corrected chi connectivity index (χ4v) is 1.81. The van der Waals surface area contributed by atoms with Crippen LogP contribution in [-0.4, -0.2) is 26.9 Å². The largest absolute Gasteiger partial charge is 0.488 e. The molecule has 0 spiro atoms. The maximum Gasteiger partial charge on any atom is 0.488 e. The van der Waals surface area contributed by atoms with Gasteiger partial charge in [0.15, 0.2) is 0 Å². The number of hydrogen-bond acceptors (Lipinski definition) is 3. The second kappa shape index (κ2) is 5.10. The van der Waals surface area contributed by atoms with Gasteiger partial charge in [-0.1, -0.05) is 17.7 Å². The molecule has 7 heteroatoms. The van der Waals surface area contributed by atoms with Crippen molar-refractivity contribution in [1.82, 2.24) is 9.78 Å². The summed E-state index contributed by atoms with van der Waals surface area (Å²) in [5.74, 6) is -0.522. The van der Waals surface area contributed by atoms with Gasteiger partial charge in [-0.2, -0.15) is 5.10 Å². The van der Waals surface area contributed by atoms with Crippen LogP contribution in [0.4, 0.5) is 4.39 Å². The number of nitrogens with zero attached hydrogens (tertiary/aromatic N) is 2. The average Bonchev–Trinajstić information content (AvgIpc) is 2.60. The minimum Gasteiger partial charge on any atom is -0.423 e. The summed E-state index contributed by atoms with van der Waals surface area (Å²) in [4.78, 5) is 0. The van der Waals surface area contributed by atoms with E-state index in [2.05, 4.69) is 5.10 Å². The Balaban J connectivity index is 2.32. The van der Waals surface area contributed by atoms with E-state index in [0.717, 1.165) is 11.8 Å². The summed E-state index contributed by atoms with van der Waals surface area (Å²) in [5, 5.41) is 22.7. The van der Waals surface area contributed by atoms with Crippen LogP contribution in [0.2, 0.25) is 5.02 Å². The molecule has 0 aliphatic heterocycles. The molecule has 1 heterocycles. The van der Waals surface area contributed by atoms with Crippen molar-refractivity contribution in [2.45, 2.75) is 13.5 Å². The monoisotopic (exact) mass is 268 g/mol. The summed E-state index contributed by atoms with van der Waals surface area (Å²) in [5.41, 5.74) is 1.47. The molecule has 0 radical (unpaired) electrons. The molecule has 2 N–H and O–H groups in total. The molecule has 1 aromatic carbocycles. The Labute approximate surface area is 109 Å². The molecule has 0 amide bonds. The van der Waals surface area contributed by atoms with E-state index in [1.807, 2.05) is 0 Å². The lowest BCUT2D eigenvalue weighted by atomic mass is 9.79. The van der Waals surface area contributed by atoms with Gasteiger partial charge in [-0.15, -0.1) is 0 Å². The van der Waals surface area contributed by atoms with E-state index < -0.39 is 12.9 Å². The van der Waals surface area contributed by atoms with E-state index in [1.165, 1.54) is 18.3 Å². The molecule has 18 heavy (non-hydrogen) atoms. The minimum absolute atomic E-state index is 0.112. The van der Waals surface area contributed by atoms with Gasteiger partial charge in [0.25, 0.3) is 0 Å². The number of benzene rings is 1. The molecule has 0 aliphatic carbocycles. The molecule has 2 aromatic rings. The summed E-state index contributed by atoms with van der Waals surface area (Å²) in [6.07, 6.45) is 1.51. The van der Waals surface area contributed by atoms with Crippen molar-refractivity contribution in [1.29, 1.82) is 0 Å². The Morgan fingerprint density at radius 1 is 1.39 bits per heavy atom. The summed E-state index contributed by atoms with van der Waals surface area (Å²) in [6, 6.07) is 3.92. The number of aromatic nitrogens is 2. The first-order valence-corrected chi connectivity index (χ1v) is 5.68. The molecular formula is C11H11BClFN2O2. The van der Waals surface area contributed by atoms with Crippen molar-refractivity contribution >= 4 is 24.2 Å². The standard InChI is InChI=1S/C11H11BClFN2O2/c1-7-11(13)5-15-16(7)6-8-2-9(12(17)18)4-10(14)3-8/h2-5,17-18H,6H2,1H3. The number of rotatable bonds is 3. The Morgan fingerprint density at radius 3 is 2.67 bits per heavy atom. The smallest absolute Gasteiger partial charge is 0.423 e. The van der Waals surface area contributed by atoms with E-state index in [9.17, 15) is 4.39 Å². The van der Waals surface area contributed by atoms with Gasteiger partial charge in [-0.05, 0) is 30.1 Å². The minimum atomic E-state index is -1.69. The van der Waals surface area contributed by atoms with Crippen LogP contribution in [0.25, 0.3) is 0 Å². The maximum atomic E-state index is 13.3. The van der Waals surface area contributed by atoms with E-state index in [0.29, 0.717) is 17.1 Å². The van der Waals surface area contributed by atoms with Crippen molar-refractivity contribution in [3.05, 3.63) is 46.5 Å². The van der Waals surface area contributed by atoms with E-state index >= 15 is 0 Å². The summed E-state index contributed by atoms with van der Waals surface area (Å²) in [6.45, 7) is 2.12. The number of hydrogen-bond donors (Lipinski definition) is 2. The van der Waals surface area contributed by atoms with Crippen LogP contribution in [0.3, 0.4) is 0 Å². The van der Waals surface area contributed by atoms with Crippen molar-refractivity contribution in [3.63, 3.8) is 0 Å². The van der Waals surface area contributed by atoms with Crippen LogP contribution in [-0.2, 0) is 6.54 Å². The van der Waals surface area contributed by atoms with Gasteiger partial charge in [-0.25, -0.2) is 4.39 Å². The quantitative estimate of drug-likeness (QED) is 0.806. The maximum absolute atomic E-state index is 13.3. The molecule has 0 aliphatic rings. The molecule has 2 rings (SSSR count). The third kappa shape index (κ3) is 2.72. The highest BCUT2D eigenvalue weighted by Crippen LogP contribution is 2.15. The van der Waals surface area contributed by atoms with Gasteiger partial charge >= 0.3 is 7.12 Å². The van der Waals surface area contributed by atoms with Crippen molar-refractivity contribution in [3.8, 4) is 0 Å². The van der Waals surface area contributed by atoms with E-state index in [4.69, 9.17) is 21.6 Å². The number of halogens is 2. The molecule has 94 valence electrons. The first kappa shape index (κ1) is 13.1. The topological polar surface area (TPSA) is 58.3 Å². The fraction of sp³-hybridized carbons (Fsp3) is 0.182. The molecule has 4 nitrogen and oxygen atoms in total. The molecule has 0 fully saturated rings. The van der Waals surface area contributed by atoms with Crippen LogP contribution in [0.5, 0.6) is 0 Å². The highest BCUT2D eigenvalue weighted by molar-refractivity contribution is 6.58. The lowest BCUT2D eigenvalue weighted by Crippen LogP contribution is -2.30. The predicted octanol–water partition coefficient (Wildman–Crippen LogP) is 0.712. The van der Waals surface area contributed by atoms with Gasteiger partial charge in [0.2, 0.25) is 0 Å². The Hall–Kier alpha value is -1.37. The summed E-state index contributed by atoms with van der Waals surface area (Å²) < 4.78 is 14.9. The van der Waals surface area contributed by atoms with Crippen LogP contribution in [0.15, 0.2) is 24.4 Å². The lowest BCUT2D eigenvalue weighted by molar-refractivity contribution is 0.425. The SMILES string of the molecule is Cc1c(Cl)cnn1Cc1cc(F)cc(B(O)O)c1. The average molecular weight is 268 g/mol. The Bertz CT molecular complexity index is 574. The zero-order chi connectivity index (χ0) is 13.3. The van der Waals surface area contributed by atoms with Crippen LogP contribution < -0.4 is 5.46 Å². The third-order valence-corrected chi connectivity index (χ3v) is 3.02. The second-order valence-corrected chi connectivity index (χ2v) is 4.41. The van der Waals surface area contributed by atoms with Gasteiger partial charge in [0.1, 0.15) is 5.82 Å². The molecule has 0 bridgehead atoms. The van der Waals surface area contributed by atoms with Crippen LogP contribution in [0, 0.1) is 12.7 Å². The molecule has 1 aromatic heterocycles. The third-order valence-electron chi connectivity index (χ3n) is 2.65. The Kier molecular flexibility index (Phi) is 3.70. The molecular weight excluding hydrogens is 257 g/mol. The fourth-order valence-electron chi connectivity index (χ4n) is 1.67. The second-order valence-electron chi connectivity index (χ2n) is 4.00. The summed E-state index contributed by atoms with van der Waals surface area (Å²) in [7, 11) is -1.69. The zero-order valence-electron chi connectivity index (χ0n) is 9.64. The highest BCUT2D eigenvalue weighted by atomic mass is 35.5. The molecule has 0 saturated carbocycles. The molecule has 0 saturated heterocycles. The van der Waals surface area contributed by atoms with Crippen molar-refractivity contribution in [2.24, 2.45) is 0 Å². The first-order chi connectivity index (χ1) is 8.47. The van der Waals surface area contributed by atoms with Crippen molar-refractivity contribution < 1.29 is 14.4 Å². The first-order valence-electron chi connectivity index (χ1n) is 5.31. The zero-order valence-corrected chi connectivity index (χ0v) is 10.4. The van der Waals surface area contributed by atoms with Crippen molar-refractivity contribution in [2.75, 3.05) is 0 Å². The normalized spacial score (nSPS) is 10.7. The van der Waals surface area contributed by atoms with Gasteiger partial charge in [0, 0.05) is 0 Å². The summed E-state index contributed by atoms with van der Waals surface area (Å²) >= 11 is 5.87. The predicted molar refractivity (Wildman–Crippen MR) is 67.3 cm³/mol. The highest BCUT2D eigenvalue weighted by Gasteiger charge is 2.14. The van der Waals surface area contributed by atoms with Crippen LogP contribution in [0.1, 0.15) is 11.3 Å². The van der Waals surface area contributed by atoms with E-state index in [1.54, 1.807) is 11.6 Å². The van der Waals surface area contributed by atoms with E-state index in [-0.39, 0.29) is 5.46 Å². The molecule has 0 atom stereocenters. The molecule has 0 unspecified atom stereocenters. The van der Waals surface area contributed by atoms with Gasteiger partial charge in [0.05, 0.1) is 23.5 Å². The Morgan fingerprint density at radius 2 is 2.11 bits per heavy atom. The van der Waals surface area contributed by atoms with Gasteiger partial charge in [-0.3, -0.25) is 4.68 Å². The van der Waals surface area contributed by atoms with Crippen LogP contribution >= 0.6 is 11.6 Å². The lowest BCUT2D eigenvalue weighted by Gasteiger charge is -2.07. The van der Waals surface area contributed by atoms with Gasteiger partial charge < -0.3 is 10.0 Å².